The summed E-state index contributed by atoms with van der Waals surface area (Å²) in [4.78, 5) is 7.83. The maximum atomic E-state index is 12.3. The average molecular weight is 282 g/mol. The Kier molecular flexibility index (Phi) is 3.76. The summed E-state index contributed by atoms with van der Waals surface area (Å²) < 4.78 is 27.0. The Labute approximate surface area is 110 Å². The molecular weight excluding hydrogens is 268 g/mol. The van der Waals surface area contributed by atoms with E-state index >= 15 is 0 Å². The first-order chi connectivity index (χ1) is 9.04. The van der Waals surface area contributed by atoms with Gasteiger partial charge < -0.3 is 5.32 Å². The van der Waals surface area contributed by atoms with Gasteiger partial charge in [0.25, 0.3) is 0 Å². The molecule has 0 fully saturated rings. The number of hydrogen-bond donors (Lipinski definition) is 3. The number of aromatic nitrogens is 4. The highest BCUT2D eigenvalue weighted by atomic mass is 32.2. The molecule has 0 saturated carbocycles. The number of aromatic amines is 1. The van der Waals surface area contributed by atoms with E-state index < -0.39 is 16.1 Å². The van der Waals surface area contributed by atoms with Crippen LogP contribution in [0.25, 0.3) is 0 Å². The summed E-state index contributed by atoms with van der Waals surface area (Å²) >= 11 is 0. The summed E-state index contributed by atoms with van der Waals surface area (Å²) in [5.41, 5.74) is 0.479. The van der Waals surface area contributed by atoms with Crippen LogP contribution in [-0.2, 0) is 10.0 Å². The highest BCUT2D eigenvalue weighted by Gasteiger charge is 2.22. The molecule has 3 N–H and O–H groups in total. The van der Waals surface area contributed by atoms with Gasteiger partial charge in [0.1, 0.15) is 17.0 Å². The zero-order chi connectivity index (χ0) is 13.9. The highest BCUT2D eigenvalue weighted by molar-refractivity contribution is 7.89. The Bertz CT molecular complexity index is 640. The minimum absolute atomic E-state index is 0.0869. The lowest BCUT2D eigenvalue weighted by Crippen LogP contribution is -2.28. The van der Waals surface area contributed by atoms with Crippen LogP contribution in [-0.4, -0.2) is 35.6 Å². The van der Waals surface area contributed by atoms with Crippen LogP contribution >= 0.6 is 0 Å². The summed E-state index contributed by atoms with van der Waals surface area (Å²) in [6, 6.07) is 1.07. The van der Waals surface area contributed by atoms with E-state index in [-0.39, 0.29) is 4.90 Å². The van der Waals surface area contributed by atoms with Gasteiger partial charge in [0.05, 0.1) is 11.7 Å². The molecule has 2 heterocycles. The fourth-order valence-corrected chi connectivity index (χ4v) is 2.94. The van der Waals surface area contributed by atoms with Gasteiger partial charge in [0.15, 0.2) is 0 Å². The molecule has 0 amide bonds. The lowest BCUT2D eigenvalue weighted by molar-refractivity contribution is 0.560. The van der Waals surface area contributed by atoms with Crippen molar-refractivity contribution >= 4 is 15.7 Å². The van der Waals surface area contributed by atoms with Crippen molar-refractivity contribution in [2.24, 2.45) is 0 Å². The number of anilines is 1. The maximum absolute atomic E-state index is 12.3. The van der Waals surface area contributed by atoms with Crippen LogP contribution in [0.5, 0.6) is 0 Å². The van der Waals surface area contributed by atoms with Gasteiger partial charge in [-0.25, -0.2) is 18.1 Å². The zero-order valence-corrected chi connectivity index (χ0v) is 11.3. The third-order valence-corrected chi connectivity index (χ3v) is 4.09. The summed E-state index contributed by atoms with van der Waals surface area (Å²) in [6.45, 7) is 1.67. The monoisotopic (exact) mass is 282 g/mol. The van der Waals surface area contributed by atoms with Crippen LogP contribution in [0, 0.1) is 0 Å². The van der Waals surface area contributed by atoms with Crippen molar-refractivity contribution in [2.75, 3.05) is 12.4 Å². The molecule has 102 valence electrons. The molecule has 0 radical (unpaired) electrons. The Balaban J connectivity index is 2.28. The lowest BCUT2D eigenvalue weighted by Gasteiger charge is -2.13. The molecule has 2 aromatic heterocycles. The van der Waals surface area contributed by atoms with Crippen molar-refractivity contribution in [3.63, 3.8) is 0 Å². The Hall–Kier alpha value is -2.00. The van der Waals surface area contributed by atoms with E-state index in [9.17, 15) is 8.42 Å². The largest absolute Gasteiger partial charge is 0.387 e. The second-order valence-corrected chi connectivity index (χ2v) is 5.52. The number of nitrogens with one attached hydrogen (secondary N) is 3. The number of pyridine rings is 1. The predicted octanol–water partition coefficient (Wildman–Crippen LogP) is 0.281. The fourth-order valence-electron chi connectivity index (χ4n) is 1.58. The molecule has 0 spiro atoms. The molecule has 0 aromatic carbocycles. The Morgan fingerprint density at radius 2 is 2.21 bits per heavy atom. The molecule has 1 unspecified atom stereocenters. The van der Waals surface area contributed by atoms with E-state index in [2.05, 4.69) is 30.2 Å². The molecule has 2 aromatic rings. The van der Waals surface area contributed by atoms with Crippen molar-refractivity contribution in [3.8, 4) is 0 Å². The van der Waals surface area contributed by atoms with Crippen LogP contribution in [0.15, 0.2) is 29.7 Å². The molecule has 0 aliphatic carbocycles. The van der Waals surface area contributed by atoms with Gasteiger partial charge in [-0.15, -0.1) is 0 Å². The van der Waals surface area contributed by atoms with Gasteiger partial charge >= 0.3 is 0 Å². The number of nitrogens with zero attached hydrogens (tertiary/aromatic N) is 3. The minimum atomic E-state index is -3.69. The molecule has 0 bridgehead atoms. The van der Waals surface area contributed by atoms with E-state index in [0.717, 1.165) is 0 Å². The smallest absolute Gasteiger partial charge is 0.244 e. The molecule has 0 aliphatic rings. The van der Waals surface area contributed by atoms with Crippen molar-refractivity contribution in [1.82, 2.24) is 24.9 Å². The number of H-pyrrole nitrogens is 1. The van der Waals surface area contributed by atoms with E-state index in [1.165, 1.54) is 18.7 Å². The maximum Gasteiger partial charge on any atom is 0.244 e. The van der Waals surface area contributed by atoms with Crippen molar-refractivity contribution in [2.45, 2.75) is 17.9 Å². The number of rotatable bonds is 5. The SMILES string of the molecule is CNc1ccncc1S(=O)(=O)NC(C)c1ncn[nH]1. The van der Waals surface area contributed by atoms with Crippen LogP contribution in [0.4, 0.5) is 5.69 Å². The number of hydrogen-bond acceptors (Lipinski definition) is 6. The first kappa shape index (κ1) is 13.4. The molecule has 1 atom stereocenters. The third-order valence-electron chi connectivity index (χ3n) is 2.52. The summed E-state index contributed by atoms with van der Waals surface area (Å²) in [5, 5.41) is 9.12. The van der Waals surface area contributed by atoms with Gasteiger partial charge in [-0.2, -0.15) is 5.10 Å². The fraction of sp³-hybridized carbons (Fsp3) is 0.300. The van der Waals surface area contributed by atoms with Crippen LogP contribution in [0.2, 0.25) is 0 Å². The molecule has 0 aliphatic heterocycles. The van der Waals surface area contributed by atoms with Gasteiger partial charge in [0, 0.05) is 19.4 Å². The van der Waals surface area contributed by atoms with E-state index in [1.54, 1.807) is 20.0 Å². The second kappa shape index (κ2) is 5.33. The van der Waals surface area contributed by atoms with Gasteiger partial charge in [-0.3, -0.25) is 10.1 Å². The van der Waals surface area contributed by atoms with Crippen molar-refractivity contribution in [1.29, 1.82) is 0 Å². The third kappa shape index (κ3) is 2.88. The molecule has 19 heavy (non-hydrogen) atoms. The predicted molar refractivity (Wildman–Crippen MR) is 68.9 cm³/mol. The van der Waals surface area contributed by atoms with E-state index in [0.29, 0.717) is 11.5 Å². The zero-order valence-electron chi connectivity index (χ0n) is 10.5. The van der Waals surface area contributed by atoms with Gasteiger partial charge in [0.2, 0.25) is 10.0 Å². The molecule has 2 rings (SSSR count). The average Bonchev–Trinajstić information content (AvgIpc) is 2.92. The molecule has 8 nitrogen and oxygen atoms in total. The van der Waals surface area contributed by atoms with E-state index in [1.807, 2.05) is 0 Å². The topological polar surface area (TPSA) is 113 Å². The van der Waals surface area contributed by atoms with Crippen LogP contribution in [0.1, 0.15) is 18.8 Å². The second-order valence-electron chi connectivity index (χ2n) is 3.84. The lowest BCUT2D eigenvalue weighted by atomic mass is 10.3. The molecule has 0 saturated heterocycles. The summed E-state index contributed by atoms with van der Waals surface area (Å²) in [6.07, 6.45) is 4.13. The van der Waals surface area contributed by atoms with Gasteiger partial charge in [-0.1, -0.05) is 0 Å². The van der Waals surface area contributed by atoms with E-state index in [4.69, 9.17) is 0 Å². The molecule has 9 heteroatoms. The standard InChI is InChI=1S/C10H14N6O2S/c1-7(10-13-6-14-15-10)16-19(17,18)9-5-12-4-3-8(9)11-2/h3-7,16H,1-2H3,(H,11,12)(H,13,14,15). The van der Waals surface area contributed by atoms with Crippen molar-refractivity contribution in [3.05, 3.63) is 30.6 Å². The Morgan fingerprint density at radius 3 is 2.84 bits per heavy atom. The van der Waals surface area contributed by atoms with Crippen LogP contribution < -0.4 is 10.0 Å². The highest BCUT2D eigenvalue weighted by Crippen LogP contribution is 2.20. The summed E-state index contributed by atoms with van der Waals surface area (Å²) in [7, 11) is -2.04. The first-order valence-electron chi connectivity index (χ1n) is 5.54. The van der Waals surface area contributed by atoms with Crippen molar-refractivity contribution < 1.29 is 8.42 Å². The molecular formula is C10H14N6O2S. The first-order valence-corrected chi connectivity index (χ1v) is 7.02. The normalized spacial score (nSPS) is 13.2. The summed E-state index contributed by atoms with van der Waals surface area (Å²) in [5.74, 6) is 0.443. The number of sulfonamides is 1. The van der Waals surface area contributed by atoms with Crippen LogP contribution in [0.3, 0.4) is 0 Å². The Morgan fingerprint density at radius 1 is 1.42 bits per heavy atom. The quantitative estimate of drug-likeness (QED) is 0.726. The van der Waals surface area contributed by atoms with Gasteiger partial charge in [-0.05, 0) is 13.0 Å². The minimum Gasteiger partial charge on any atom is -0.387 e.